The first-order valence-corrected chi connectivity index (χ1v) is 6.76. The molecule has 0 aromatic carbocycles. The second-order valence-electron chi connectivity index (χ2n) is 6.58. The minimum atomic E-state index is -1.34. The van der Waals surface area contributed by atoms with E-state index in [9.17, 15) is 15.0 Å². The van der Waals surface area contributed by atoms with E-state index < -0.39 is 11.0 Å². The Balaban J connectivity index is 2.24. The molecule has 5 atom stereocenters. The molecule has 1 fully saturated rings. The molecule has 102 valence electrons. The van der Waals surface area contributed by atoms with Crippen LogP contribution in [0, 0.1) is 23.2 Å². The summed E-state index contributed by atoms with van der Waals surface area (Å²) in [4.78, 5) is 12.6. The van der Waals surface area contributed by atoms with Gasteiger partial charge in [0.25, 0.3) is 0 Å². The van der Waals surface area contributed by atoms with E-state index in [-0.39, 0.29) is 23.5 Å². The molecule has 0 saturated heterocycles. The van der Waals surface area contributed by atoms with Gasteiger partial charge in [0.15, 0.2) is 5.78 Å². The van der Waals surface area contributed by atoms with Gasteiger partial charge in [-0.3, -0.25) is 4.79 Å². The summed E-state index contributed by atoms with van der Waals surface area (Å²) >= 11 is 0. The van der Waals surface area contributed by atoms with Crippen LogP contribution in [0.5, 0.6) is 0 Å². The third-order valence-corrected chi connectivity index (χ3v) is 5.39. The molecule has 1 saturated carbocycles. The van der Waals surface area contributed by atoms with Crippen LogP contribution in [0.1, 0.15) is 27.7 Å². The lowest BCUT2D eigenvalue weighted by Crippen LogP contribution is -2.64. The highest BCUT2D eigenvalue weighted by Gasteiger charge is 2.63. The summed E-state index contributed by atoms with van der Waals surface area (Å²) in [6.45, 7) is 7.27. The molecular weight excluding hydrogens is 240 g/mol. The Morgan fingerprint density at radius 3 is 2.47 bits per heavy atom. The van der Waals surface area contributed by atoms with Gasteiger partial charge in [-0.05, 0) is 38.8 Å². The van der Waals surface area contributed by atoms with Gasteiger partial charge >= 0.3 is 0 Å². The molecule has 0 unspecified atom stereocenters. The first-order valence-electron chi connectivity index (χ1n) is 6.76. The zero-order chi connectivity index (χ0) is 14.2. The van der Waals surface area contributed by atoms with Crippen molar-refractivity contribution in [3.8, 4) is 0 Å². The number of hydrogen-bond acceptors (Lipinski definition) is 3. The number of carbonyl (C=O) groups excluding carboxylic acids is 1. The molecule has 3 nitrogen and oxygen atoms in total. The average molecular weight is 260 g/mol. The largest absolute Gasteiger partial charge is 0.508 e. The Bertz CT molecular complexity index is 565. The lowest BCUT2D eigenvalue weighted by Gasteiger charge is -2.56. The van der Waals surface area contributed by atoms with Gasteiger partial charge in [-0.25, -0.2) is 0 Å². The summed E-state index contributed by atoms with van der Waals surface area (Å²) in [5, 5.41) is 20.7. The number of Topliss-reactive ketones (excluding diaryl/α,β-unsaturated/α-hetero) is 1. The molecule has 2 bridgehead atoms. The minimum Gasteiger partial charge on any atom is -0.508 e. The third-order valence-electron chi connectivity index (χ3n) is 5.39. The van der Waals surface area contributed by atoms with Crippen LogP contribution in [-0.4, -0.2) is 21.6 Å². The van der Waals surface area contributed by atoms with E-state index in [4.69, 9.17) is 0 Å². The molecule has 2 N–H and O–H groups in total. The normalized spacial score (nSPS) is 48.4. The Kier molecular flexibility index (Phi) is 2.27. The first kappa shape index (κ1) is 12.7. The fourth-order valence-corrected chi connectivity index (χ4v) is 4.22. The Morgan fingerprint density at radius 2 is 1.84 bits per heavy atom. The van der Waals surface area contributed by atoms with Crippen LogP contribution < -0.4 is 0 Å². The second kappa shape index (κ2) is 3.40. The molecule has 3 heteroatoms. The molecule has 0 spiro atoms. The van der Waals surface area contributed by atoms with Gasteiger partial charge in [0.2, 0.25) is 0 Å². The van der Waals surface area contributed by atoms with Crippen molar-refractivity contribution in [1.82, 2.24) is 0 Å². The topological polar surface area (TPSA) is 57.5 Å². The highest BCUT2D eigenvalue weighted by molar-refractivity contribution is 5.97. The summed E-state index contributed by atoms with van der Waals surface area (Å²) in [7, 11) is 0. The van der Waals surface area contributed by atoms with Gasteiger partial charge in [-0.1, -0.05) is 18.2 Å². The SMILES string of the molecule is CC1=C[C@H]2[C@@H](C(C)=C1O)[C@@H]1C=C[C@]2(C)C(=O)[C@@]1(C)O. The van der Waals surface area contributed by atoms with Gasteiger partial charge in [0.05, 0.1) is 5.41 Å². The predicted octanol–water partition coefficient (Wildman–Crippen LogP) is 2.54. The molecule has 4 rings (SSSR count). The fourth-order valence-electron chi connectivity index (χ4n) is 4.22. The predicted molar refractivity (Wildman–Crippen MR) is 72.4 cm³/mol. The molecule has 4 aliphatic carbocycles. The summed E-state index contributed by atoms with van der Waals surface area (Å²) in [6.07, 6.45) is 5.89. The molecule has 0 aromatic heterocycles. The van der Waals surface area contributed by atoms with Crippen molar-refractivity contribution in [1.29, 1.82) is 0 Å². The van der Waals surface area contributed by atoms with E-state index in [1.807, 2.05) is 39.0 Å². The smallest absolute Gasteiger partial charge is 0.174 e. The van der Waals surface area contributed by atoms with Crippen LogP contribution in [0.15, 0.2) is 35.1 Å². The summed E-state index contributed by atoms with van der Waals surface area (Å²) in [6, 6.07) is 0. The molecular formula is C16H20O3. The highest BCUT2D eigenvalue weighted by Crippen LogP contribution is 2.58. The number of fused-ring (bicyclic) bond motifs is 1. The zero-order valence-corrected chi connectivity index (χ0v) is 11.8. The fraction of sp³-hybridized carbons (Fsp3) is 0.562. The van der Waals surface area contributed by atoms with E-state index in [0.717, 1.165) is 11.1 Å². The molecule has 0 radical (unpaired) electrons. The molecule has 4 aliphatic rings. The van der Waals surface area contributed by atoms with E-state index in [1.165, 1.54) is 0 Å². The van der Waals surface area contributed by atoms with E-state index in [0.29, 0.717) is 5.76 Å². The van der Waals surface area contributed by atoms with Gasteiger partial charge in [-0.2, -0.15) is 0 Å². The van der Waals surface area contributed by atoms with Crippen LogP contribution in [0.25, 0.3) is 0 Å². The molecule has 0 aliphatic heterocycles. The van der Waals surface area contributed by atoms with Crippen molar-refractivity contribution in [3.63, 3.8) is 0 Å². The van der Waals surface area contributed by atoms with Crippen molar-refractivity contribution in [2.45, 2.75) is 33.3 Å². The van der Waals surface area contributed by atoms with E-state index in [2.05, 4.69) is 0 Å². The number of allylic oxidation sites excluding steroid dienone is 4. The standard InChI is InChI=1S/C16H20O3/c1-8-7-11-12(9(2)13(8)17)10-5-6-15(11,3)14(18)16(10,4)19/h5-7,10-12,17,19H,1-4H3/t10-,11-,12-,15-,16-/m0/s1. The maximum atomic E-state index is 12.6. The van der Waals surface area contributed by atoms with Crippen molar-refractivity contribution in [2.24, 2.45) is 23.2 Å². The lowest BCUT2D eigenvalue weighted by molar-refractivity contribution is -0.163. The molecule has 0 aromatic rings. The summed E-state index contributed by atoms with van der Waals surface area (Å²) in [5.74, 6) is -0.00288. The van der Waals surface area contributed by atoms with Crippen LogP contribution in [0.3, 0.4) is 0 Å². The number of rotatable bonds is 0. The number of carbonyl (C=O) groups is 1. The van der Waals surface area contributed by atoms with Crippen molar-refractivity contribution in [3.05, 3.63) is 35.1 Å². The quantitative estimate of drug-likeness (QED) is 0.658. The van der Waals surface area contributed by atoms with Gasteiger partial charge in [-0.15, -0.1) is 0 Å². The maximum absolute atomic E-state index is 12.6. The van der Waals surface area contributed by atoms with Crippen LogP contribution in [0.2, 0.25) is 0 Å². The van der Waals surface area contributed by atoms with Crippen LogP contribution >= 0.6 is 0 Å². The number of aliphatic hydroxyl groups excluding tert-OH is 1. The number of hydrogen-bond donors (Lipinski definition) is 2. The van der Waals surface area contributed by atoms with Gasteiger partial charge in [0, 0.05) is 17.8 Å². The van der Waals surface area contributed by atoms with Crippen molar-refractivity contribution >= 4 is 5.78 Å². The Morgan fingerprint density at radius 1 is 1.21 bits per heavy atom. The van der Waals surface area contributed by atoms with Crippen LogP contribution in [0.4, 0.5) is 0 Å². The highest BCUT2D eigenvalue weighted by atomic mass is 16.3. The van der Waals surface area contributed by atoms with Crippen molar-refractivity contribution < 1.29 is 15.0 Å². The van der Waals surface area contributed by atoms with E-state index >= 15 is 0 Å². The van der Waals surface area contributed by atoms with E-state index in [1.54, 1.807) is 6.92 Å². The molecule has 19 heavy (non-hydrogen) atoms. The number of ketones is 1. The molecule has 0 heterocycles. The average Bonchev–Trinajstić information content (AvgIpc) is 2.34. The number of aliphatic hydroxyl groups is 2. The summed E-state index contributed by atoms with van der Waals surface area (Å²) < 4.78 is 0. The van der Waals surface area contributed by atoms with Gasteiger partial charge < -0.3 is 10.2 Å². The zero-order valence-electron chi connectivity index (χ0n) is 11.8. The lowest BCUT2D eigenvalue weighted by atomic mass is 9.47. The molecule has 0 amide bonds. The van der Waals surface area contributed by atoms with Gasteiger partial charge in [0.1, 0.15) is 11.4 Å². The monoisotopic (exact) mass is 260 g/mol. The second-order valence-corrected chi connectivity index (χ2v) is 6.58. The summed E-state index contributed by atoms with van der Waals surface area (Å²) in [5.41, 5.74) is -0.302. The van der Waals surface area contributed by atoms with Crippen molar-refractivity contribution in [2.75, 3.05) is 0 Å². The Labute approximate surface area is 113 Å². The Hall–Kier alpha value is -1.35. The first-order chi connectivity index (χ1) is 8.71. The van der Waals surface area contributed by atoms with Crippen LogP contribution in [-0.2, 0) is 4.79 Å². The third kappa shape index (κ3) is 1.29. The minimum absolute atomic E-state index is 0.00593. The maximum Gasteiger partial charge on any atom is 0.174 e.